The molecule has 0 heterocycles. The van der Waals surface area contributed by atoms with Crippen molar-refractivity contribution in [3.8, 4) is 0 Å². The van der Waals surface area contributed by atoms with E-state index in [1.165, 1.54) is 43.5 Å². The molecule has 0 aliphatic rings. The molecule has 1 amide bonds. The van der Waals surface area contributed by atoms with Crippen molar-refractivity contribution in [3.05, 3.63) is 69.3 Å². The minimum atomic E-state index is -0.569. The lowest BCUT2D eigenvalue weighted by Gasteiger charge is -2.07. The van der Waals surface area contributed by atoms with Crippen molar-refractivity contribution in [2.45, 2.75) is 6.92 Å². The Morgan fingerprint density at radius 1 is 1.13 bits per heavy atom. The fourth-order valence-corrected chi connectivity index (χ4v) is 2.00. The molecule has 0 atom stereocenters. The second kappa shape index (κ2) is 6.69. The number of carbonyl (C=O) groups excluding carboxylic acids is 2. The van der Waals surface area contributed by atoms with Gasteiger partial charge in [-0.15, -0.1) is 0 Å². The molecule has 7 nitrogen and oxygen atoms in total. The molecule has 0 aromatic heterocycles. The maximum Gasteiger partial charge on any atom is 0.337 e. The van der Waals surface area contributed by atoms with Crippen LogP contribution >= 0.6 is 0 Å². The Bertz CT molecular complexity index is 786. The molecular weight excluding hydrogens is 300 g/mol. The minimum Gasteiger partial charge on any atom is -0.465 e. The summed E-state index contributed by atoms with van der Waals surface area (Å²) in [4.78, 5) is 34.2. The number of hydrogen-bond donors (Lipinski definition) is 1. The van der Waals surface area contributed by atoms with Gasteiger partial charge in [-0.2, -0.15) is 0 Å². The second-order valence-electron chi connectivity index (χ2n) is 4.80. The van der Waals surface area contributed by atoms with Gasteiger partial charge in [0.25, 0.3) is 11.6 Å². The molecule has 0 spiro atoms. The first-order valence-electron chi connectivity index (χ1n) is 6.67. The summed E-state index contributed by atoms with van der Waals surface area (Å²) < 4.78 is 4.59. The average molecular weight is 314 g/mol. The Labute approximate surface area is 132 Å². The number of rotatable bonds is 4. The molecule has 0 unspecified atom stereocenters. The predicted octanol–water partition coefficient (Wildman–Crippen LogP) is 2.94. The summed E-state index contributed by atoms with van der Waals surface area (Å²) in [7, 11) is 1.24. The Balaban J connectivity index is 2.30. The highest BCUT2D eigenvalue weighted by molar-refractivity contribution is 6.06. The van der Waals surface area contributed by atoms with Crippen molar-refractivity contribution in [1.82, 2.24) is 0 Å². The van der Waals surface area contributed by atoms with Crippen molar-refractivity contribution in [3.63, 3.8) is 0 Å². The van der Waals surface area contributed by atoms with Crippen LogP contribution < -0.4 is 5.32 Å². The van der Waals surface area contributed by atoms with E-state index in [4.69, 9.17) is 0 Å². The van der Waals surface area contributed by atoms with Gasteiger partial charge in [-0.05, 0) is 36.8 Å². The lowest BCUT2D eigenvalue weighted by atomic mass is 10.1. The van der Waals surface area contributed by atoms with Crippen LogP contribution in [-0.2, 0) is 4.74 Å². The number of carbonyl (C=O) groups is 2. The number of anilines is 1. The maximum absolute atomic E-state index is 12.3. The van der Waals surface area contributed by atoms with Gasteiger partial charge in [0.2, 0.25) is 0 Å². The van der Waals surface area contributed by atoms with E-state index in [9.17, 15) is 19.7 Å². The quantitative estimate of drug-likeness (QED) is 0.531. The number of aryl methyl sites for hydroxylation is 1. The first-order chi connectivity index (χ1) is 10.9. The molecule has 0 aliphatic heterocycles. The molecule has 118 valence electrons. The van der Waals surface area contributed by atoms with Crippen molar-refractivity contribution in [2.24, 2.45) is 0 Å². The number of ether oxygens (including phenoxy) is 1. The summed E-state index contributed by atoms with van der Waals surface area (Å²) in [6, 6.07) is 10.4. The summed E-state index contributed by atoms with van der Waals surface area (Å²) >= 11 is 0. The third-order valence-electron chi connectivity index (χ3n) is 3.14. The number of nitro groups is 1. The summed E-state index contributed by atoms with van der Waals surface area (Å²) in [5.41, 5.74) is 1.03. The molecule has 0 radical (unpaired) electrons. The van der Waals surface area contributed by atoms with Crippen molar-refractivity contribution in [1.29, 1.82) is 0 Å². The third-order valence-corrected chi connectivity index (χ3v) is 3.14. The smallest absolute Gasteiger partial charge is 0.337 e. The maximum atomic E-state index is 12.3. The average Bonchev–Trinajstić information content (AvgIpc) is 2.55. The van der Waals surface area contributed by atoms with E-state index in [2.05, 4.69) is 10.1 Å². The Morgan fingerprint density at radius 3 is 2.48 bits per heavy atom. The first kappa shape index (κ1) is 16.2. The molecule has 0 aliphatic carbocycles. The van der Waals surface area contributed by atoms with Crippen molar-refractivity contribution < 1.29 is 19.2 Å². The van der Waals surface area contributed by atoms with Crippen LogP contribution in [0.25, 0.3) is 0 Å². The highest BCUT2D eigenvalue weighted by Gasteiger charge is 2.17. The lowest BCUT2D eigenvalue weighted by molar-refractivity contribution is -0.384. The van der Waals surface area contributed by atoms with Crippen molar-refractivity contribution in [2.75, 3.05) is 12.4 Å². The van der Waals surface area contributed by atoms with Gasteiger partial charge in [-0.25, -0.2) is 4.79 Å². The number of amides is 1. The molecule has 1 N–H and O–H groups in total. The summed E-state index contributed by atoms with van der Waals surface area (Å²) in [5.74, 6) is -1.12. The van der Waals surface area contributed by atoms with E-state index in [0.29, 0.717) is 5.56 Å². The SMILES string of the molecule is COC(=O)c1cccc(C(=O)Nc2ccc(C)cc2[N+](=O)[O-])c1. The molecule has 23 heavy (non-hydrogen) atoms. The monoisotopic (exact) mass is 314 g/mol. The molecule has 0 fully saturated rings. The van der Waals surface area contributed by atoms with Gasteiger partial charge in [-0.3, -0.25) is 14.9 Å². The van der Waals surface area contributed by atoms with Gasteiger partial charge in [0.1, 0.15) is 5.69 Å². The Hall–Kier alpha value is -3.22. The molecule has 0 saturated heterocycles. The van der Waals surface area contributed by atoms with Gasteiger partial charge in [0.15, 0.2) is 0 Å². The van der Waals surface area contributed by atoms with Crippen molar-refractivity contribution >= 4 is 23.3 Å². The Kier molecular flexibility index (Phi) is 4.70. The number of nitro benzene ring substituents is 1. The van der Waals surface area contributed by atoms with Crippen LogP contribution in [0.5, 0.6) is 0 Å². The van der Waals surface area contributed by atoms with E-state index >= 15 is 0 Å². The molecule has 0 saturated carbocycles. The van der Waals surface area contributed by atoms with Crippen LogP contribution in [0.1, 0.15) is 26.3 Å². The molecule has 2 aromatic carbocycles. The fourth-order valence-electron chi connectivity index (χ4n) is 2.00. The normalized spacial score (nSPS) is 10.0. The number of methoxy groups -OCH3 is 1. The largest absolute Gasteiger partial charge is 0.465 e. The highest BCUT2D eigenvalue weighted by Crippen LogP contribution is 2.25. The Morgan fingerprint density at radius 2 is 1.83 bits per heavy atom. The van der Waals surface area contributed by atoms with Gasteiger partial charge in [0.05, 0.1) is 17.6 Å². The van der Waals surface area contributed by atoms with Crippen LogP contribution in [0.15, 0.2) is 42.5 Å². The number of benzene rings is 2. The van der Waals surface area contributed by atoms with E-state index in [0.717, 1.165) is 0 Å². The third kappa shape index (κ3) is 3.70. The van der Waals surface area contributed by atoms with Gasteiger partial charge in [-0.1, -0.05) is 12.1 Å². The summed E-state index contributed by atoms with van der Waals surface area (Å²) in [6.45, 7) is 1.72. The molecule has 2 rings (SSSR count). The second-order valence-corrected chi connectivity index (χ2v) is 4.80. The first-order valence-corrected chi connectivity index (χ1v) is 6.67. The van der Waals surface area contributed by atoms with Crippen LogP contribution in [0.2, 0.25) is 0 Å². The summed E-state index contributed by atoms with van der Waals surface area (Å²) in [6.07, 6.45) is 0. The topological polar surface area (TPSA) is 98.5 Å². The predicted molar refractivity (Wildman–Crippen MR) is 83.6 cm³/mol. The van der Waals surface area contributed by atoms with Crippen LogP contribution in [0.4, 0.5) is 11.4 Å². The highest BCUT2D eigenvalue weighted by atomic mass is 16.6. The molecule has 2 aromatic rings. The van der Waals surface area contributed by atoms with Gasteiger partial charge >= 0.3 is 5.97 Å². The van der Waals surface area contributed by atoms with Crippen LogP contribution in [0, 0.1) is 17.0 Å². The number of hydrogen-bond acceptors (Lipinski definition) is 5. The van der Waals surface area contributed by atoms with E-state index in [-0.39, 0.29) is 22.5 Å². The van der Waals surface area contributed by atoms with Gasteiger partial charge in [0, 0.05) is 11.6 Å². The van der Waals surface area contributed by atoms with Crippen LogP contribution in [-0.4, -0.2) is 23.9 Å². The zero-order valence-corrected chi connectivity index (χ0v) is 12.5. The number of esters is 1. The zero-order valence-electron chi connectivity index (χ0n) is 12.5. The van der Waals surface area contributed by atoms with Gasteiger partial charge < -0.3 is 10.1 Å². The fraction of sp³-hybridized carbons (Fsp3) is 0.125. The molecular formula is C16H14N2O5. The molecule has 7 heteroatoms. The molecule has 0 bridgehead atoms. The zero-order chi connectivity index (χ0) is 17.0. The lowest BCUT2D eigenvalue weighted by Crippen LogP contribution is -2.14. The number of nitrogens with zero attached hydrogens (tertiary/aromatic N) is 1. The van der Waals surface area contributed by atoms with Crippen LogP contribution in [0.3, 0.4) is 0 Å². The minimum absolute atomic E-state index is 0.0917. The van der Waals surface area contributed by atoms with E-state index < -0.39 is 16.8 Å². The number of nitrogens with one attached hydrogen (secondary N) is 1. The van der Waals surface area contributed by atoms with E-state index in [1.54, 1.807) is 13.0 Å². The van der Waals surface area contributed by atoms with E-state index in [1.807, 2.05) is 0 Å². The summed E-state index contributed by atoms with van der Waals surface area (Å²) in [5, 5.41) is 13.6. The standard InChI is InChI=1S/C16H14N2O5/c1-10-6-7-13(14(8-10)18(21)22)17-15(19)11-4-3-5-12(9-11)16(20)23-2/h3-9H,1-2H3,(H,17,19).